The molecule has 0 aromatic heterocycles. The molecule has 1 aliphatic rings. The topological polar surface area (TPSA) is 29.3 Å². The molecule has 2 N–H and O–H groups in total. The third-order valence-electron chi connectivity index (χ3n) is 3.72. The summed E-state index contributed by atoms with van der Waals surface area (Å²) < 4.78 is 25.2. The molecule has 0 atom stereocenters. The SMILES string of the molecule is CCN(c1ccc(C(F)F)cc1N)C1CCCC1. The highest BCUT2D eigenvalue weighted by molar-refractivity contribution is 5.69. The number of hydrogen-bond donors (Lipinski definition) is 1. The van der Waals surface area contributed by atoms with Crippen molar-refractivity contribution >= 4 is 11.4 Å². The molecule has 1 aromatic carbocycles. The van der Waals surface area contributed by atoms with Gasteiger partial charge in [-0.15, -0.1) is 0 Å². The second-order valence-electron chi connectivity index (χ2n) is 4.84. The molecular formula is C14H20F2N2. The Morgan fingerprint density at radius 3 is 2.50 bits per heavy atom. The Bertz CT molecular complexity index is 401. The predicted molar refractivity (Wildman–Crippen MR) is 71.1 cm³/mol. The molecule has 0 amide bonds. The van der Waals surface area contributed by atoms with E-state index in [-0.39, 0.29) is 5.56 Å². The van der Waals surface area contributed by atoms with E-state index in [4.69, 9.17) is 5.73 Å². The molecule has 100 valence electrons. The van der Waals surface area contributed by atoms with E-state index in [0.29, 0.717) is 11.7 Å². The Balaban J connectivity index is 2.25. The number of hydrogen-bond acceptors (Lipinski definition) is 2. The molecule has 0 spiro atoms. The molecule has 1 saturated carbocycles. The number of nitrogens with two attached hydrogens (primary N) is 1. The van der Waals surface area contributed by atoms with Gasteiger partial charge in [-0.2, -0.15) is 0 Å². The van der Waals surface area contributed by atoms with Crippen LogP contribution in [0.4, 0.5) is 20.2 Å². The van der Waals surface area contributed by atoms with E-state index in [2.05, 4.69) is 11.8 Å². The van der Waals surface area contributed by atoms with Gasteiger partial charge in [-0.05, 0) is 31.9 Å². The summed E-state index contributed by atoms with van der Waals surface area (Å²) in [6.07, 6.45) is 2.38. The fraction of sp³-hybridized carbons (Fsp3) is 0.571. The number of rotatable bonds is 4. The standard InChI is InChI=1S/C14H20F2N2/c1-2-18(11-5-3-4-6-11)13-8-7-10(14(15)16)9-12(13)17/h7-9,11,14H,2-6,17H2,1H3. The monoisotopic (exact) mass is 254 g/mol. The summed E-state index contributed by atoms with van der Waals surface area (Å²) in [5, 5.41) is 0. The van der Waals surface area contributed by atoms with Gasteiger partial charge < -0.3 is 10.6 Å². The largest absolute Gasteiger partial charge is 0.397 e. The Morgan fingerprint density at radius 2 is 2.00 bits per heavy atom. The lowest BCUT2D eigenvalue weighted by Crippen LogP contribution is -2.33. The minimum absolute atomic E-state index is 0.00118. The van der Waals surface area contributed by atoms with E-state index in [0.717, 1.165) is 12.2 Å². The van der Waals surface area contributed by atoms with Crippen LogP contribution in [-0.4, -0.2) is 12.6 Å². The third-order valence-corrected chi connectivity index (χ3v) is 3.72. The molecule has 0 saturated heterocycles. The van der Waals surface area contributed by atoms with Crippen molar-refractivity contribution in [3.63, 3.8) is 0 Å². The van der Waals surface area contributed by atoms with Crippen molar-refractivity contribution in [1.82, 2.24) is 0 Å². The highest BCUT2D eigenvalue weighted by Crippen LogP contribution is 2.33. The number of halogens is 2. The Kier molecular flexibility index (Phi) is 4.04. The molecular weight excluding hydrogens is 234 g/mol. The summed E-state index contributed by atoms with van der Waals surface area (Å²) in [4.78, 5) is 2.25. The molecule has 4 heteroatoms. The van der Waals surface area contributed by atoms with Crippen molar-refractivity contribution in [3.8, 4) is 0 Å². The summed E-state index contributed by atoms with van der Waals surface area (Å²) >= 11 is 0. The predicted octanol–water partition coefficient (Wildman–Crippen LogP) is 3.98. The van der Waals surface area contributed by atoms with Gasteiger partial charge in [0.25, 0.3) is 6.43 Å². The minimum Gasteiger partial charge on any atom is -0.397 e. The van der Waals surface area contributed by atoms with Crippen molar-refractivity contribution in [2.75, 3.05) is 17.2 Å². The van der Waals surface area contributed by atoms with E-state index in [1.54, 1.807) is 6.07 Å². The van der Waals surface area contributed by atoms with Gasteiger partial charge in [0.05, 0.1) is 11.4 Å². The Morgan fingerprint density at radius 1 is 1.33 bits per heavy atom. The maximum Gasteiger partial charge on any atom is 0.263 e. The van der Waals surface area contributed by atoms with E-state index in [1.807, 2.05) is 0 Å². The van der Waals surface area contributed by atoms with Gasteiger partial charge in [0.15, 0.2) is 0 Å². The second kappa shape index (κ2) is 5.55. The van der Waals surface area contributed by atoms with Crippen LogP contribution in [0.15, 0.2) is 18.2 Å². The van der Waals surface area contributed by atoms with Crippen LogP contribution in [0.1, 0.15) is 44.6 Å². The van der Waals surface area contributed by atoms with E-state index < -0.39 is 6.43 Å². The smallest absolute Gasteiger partial charge is 0.263 e. The molecule has 2 rings (SSSR count). The van der Waals surface area contributed by atoms with Crippen LogP contribution in [0.5, 0.6) is 0 Å². The number of benzene rings is 1. The van der Waals surface area contributed by atoms with Gasteiger partial charge in [0.1, 0.15) is 0 Å². The molecule has 1 fully saturated rings. The summed E-state index contributed by atoms with van der Waals surface area (Å²) in [5.74, 6) is 0. The fourth-order valence-electron chi connectivity index (χ4n) is 2.81. The first-order valence-corrected chi connectivity index (χ1v) is 6.57. The second-order valence-corrected chi connectivity index (χ2v) is 4.84. The summed E-state index contributed by atoms with van der Waals surface area (Å²) in [5.41, 5.74) is 7.28. The molecule has 0 heterocycles. The zero-order valence-electron chi connectivity index (χ0n) is 10.7. The quantitative estimate of drug-likeness (QED) is 0.824. The number of nitrogens with zero attached hydrogens (tertiary/aromatic N) is 1. The molecule has 0 aliphatic heterocycles. The molecule has 1 aromatic rings. The van der Waals surface area contributed by atoms with Crippen LogP contribution in [-0.2, 0) is 0 Å². The van der Waals surface area contributed by atoms with Crippen LogP contribution >= 0.6 is 0 Å². The van der Waals surface area contributed by atoms with E-state index >= 15 is 0 Å². The first-order chi connectivity index (χ1) is 8.63. The van der Waals surface area contributed by atoms with Crippen molar-refractivity contribution in [2.24, 2.45) is 0 Å². The molecule has 0 unspecified atom stereocenters. The van der Waals surface area contributed by atoms with Crippen molar-refractivity contribution in [3.05, 3.63) is 23.8 Å². The maximum atomic E-state index is 12.6. The summed E-state index contributed by atoms with van der Waals surface area (Å²) in [6, 6.07) is 5.12. The normalized spacial score (nSPS) is 16.4. The van der Waals surface area contributed by atoms with E-state index in [1.165, 1.54) is 37.8 Å². The zero-order chi connectivity index (χ0) is 13.1. The van der Waals surface area contributed by atoms with Gasteiger partial charge in [0, 0.05) is 18.2 Å². The van der Waals surface area contributed by atoms with Gasteiger partial charge in [-0.25, -0.2) is 8.78 Å². The first kappa shape index (κ1) is 13.1. The van der Waals surface area contributed by atoms with Gasteiger partial charge in [-0.1, -0.05) is 18.9 Å². The van der Waals surface area contributed by atoms with Gasteiger partial charge in [0.2, 0.25) is 0 Å². The Labute approximate surface area is 107 Å². The van der Waals surface area contributed by atoms with Crippen molar-refractivity contribution in [2.45, 2.75) is 45.1 Å². The van der Waals surface area contributed by atoms with Crippen molar-refractivity contribution in [1.29, 1.82) is 0 Å². The fourth-order valence-corrected chi connectivity index (χ4v) is 2.81. The Hall–Kier alpha value is -1.32. The molecule has 0 radical (unpaired) electrons. The lowest BCUT2D eigenvalue weighted by Gasteiger charge is -2.31. The minimum atomic E-state index is -2.46. The summed E-state index contributed by atoms with van der Waals surface area (Å²) in [7, 11) is 0. The lowest BCUT2D eigenvalue weighted by atomic mass is 10.1. The third kappa shape index (κ3) is 2.57. The maximum absolute atomic E-state index is 12.6. The highest BCUT2D eigenvalue weighted by atomic mass is 19.3. The van der Waals surface area contributed by atoms with Gasteiger partial charge >= 0.3 is 0 Å². The van der Waals surface area contributed by atoms with Crippen LogP contribution in [0.2, 0.25) is 0 Å². The average molecular weight is 254 g/mol. The molecule has 2 nitrogen and oxygen atoms in total. The first-order valence-electron chi connectivity index (χ1n) is 6.57. The molecule has 0 bridgehead atoms. The van der Waals surface area contributed by atoms with Crippen LogP contribution in [0.3, 0.4) is 0 Å². The van der Waals surface area contributed by atoms with Crippen LogP contribution in [0.25, 0.3) is 0 Å². The number of anilines is 2. The van der Waals surface area contributed by atoms with Crippen molar-refractivity contribution < 1.29 is 8.78 Å². The van der Waals surface area contributed by atoms with Crippen LogP contribution < -0.4 is 10.6 Å². The number of nitrogen functional groups attached to an aromatic ring is 1. The average Bonchev–Trinajstić information content (AvgIpc) is 2.85. The van der Waals surface area contributed by atoms with Crippen LogP contribution in [0, 0.1) is 0 Å². The zero-order valence-corrected chi connectivity index (χ0v) is 10.7. The van der Waals surface area contributed by atoms with E-state index in [9.17, 15) is 8.78 Å². The molecule has 1 aliphatic carbocycles. The highest BCUT2D eigenvalue weighted by Gasteiger charge is 2.23. The van der Waals surface area contributed by atoms with Gasteiger partial charge in [-0.3, -0.25) is 0 Å². The lowest BCUT2D eigenvalue weighted by molar-refractivity contribution is 0.151. The summed E-state index contributed by atoms with van der Waals surface area (Å²) in [6.45, 7) is 2.95. The molecule has 18 heavy (non-hydrogen) atoms. The number of alkyl halides is 2.